The first-order valence-electron chi connectivity index (χ1n) is 7.27. The molecule has 0 aromatic carbocycles. The van der Waals surface area contributed by atoms with Crippen LogP contribution in [0.2, 0.25) is 0 Å². The lowest BCUT2D eigenvalue weighted by Gasteiger charge is -2.20. The van der Waals surface area contributed by atoms with Gasteiger partial charge in [-0.1, -0.05) is 0 Å². The number of hydrogen-bond donors (Lipinski definition) is 2. The Hall–Kier alpha value is -1.66. The third kappa shape index (κ3) is 5.32. The zero-order chi connectivity index (χ0) is 15.7. The van der Waals surface area contributed by atoms with Crippen molar-refractivity contribution in [3.05, 3.63) is 24.0 Å². The van der Waals surface area contributed by atoms with Crippen molar-refractivity contribution in [1.82, 2.24) is 9.88 Å². The second-order valence-corrected chi connectivity index (χ2v) is 4.72. The number of nitrogens with zero attached hydrogens (tertiary/aromatic N) is 2. The number of carbonyl (C=O) groups excluding carboxylic acids is 1. The maximum absolute atomic E-state index is 12.3. The molecule has 1 aromatic rings. The second-order valence-electron chi connectivity index (χ2n) is 4.72. The molecule has 0 aliphatic heterocycles. The SMILES string of the molecule is CCN(CC)C(=O)c1cc(NC(CCO)COC)ccn1. The molecule has 6 heteroatoms. The Morgan fingerprint density at radius 3 is 2.76 bits per heavy atom. The van der Waals surface area contributed by atoms with Crippen LogP contribution >= 0.6 is 0 Å². The van der Waals surface area contributed by atoms with Gasteiger partial charge < -0.3 is 20.1 Å². The molecule has 1 heterocycles. The molecule has 2 N–H and O–H groups in total. The van der Waals surface area contributed by atoms with Crippen molar-refractivity contribution >= 4 is 11.6 Å². The zero-order valence-corrected chi connectivity index (χ0v) is 13.0. The number of nitrogens with one attached hydrogen (secondary N) is 1. The molecule has 118 valence electrons. The maximum atomic E-state index is 12.3. The van der Waals surface area contributed by atoms with Gasteiger partial charge in [-0.2, -0.15) is 0 Å². The van der Waals surface area contributed by atoms with Gasteiger partial charge in [-0.15, -0.1) is 0 Å². The minimum atomic E-state index is -0.0749. The number of aliphatic hydroxyl groups is 1. The number of aliphatic hydroxyl groups excluding tert-OH is 1. The van der Waals surface area contributed by atoms with E-state index in [1.165, 1.54) is 0 Å². The van der Waals surface area contributed by atoms with Gasteiger partial charge in [0, 0.05) is 38.7 Å². The van der Waals surface area contributed by atoms with Crippen molar-refractivity contribution in [1.29, 1.82) is 0 Å². The number of amides is 1. The zero-order valence-electron chi connectivity index (χ0n) is 13.0. The van der Waals surface area contributed by atoms with Crippen LogP contribution in [0.5, 0.6) is 0 Å². The summed E-state index contributed by atoms with van der Waals surface area (Å²) in [5.74, 6) is -0.0749. The van der Waals surface area contributed by atoms with Gasteiger partial charge in [0.05, 0.1) is 12.6 Å². The molecule has 0 saturated heterocycles. The van der Waals surface area contributed by atoms with E-state index < -0.39 is 0 Å². The molecule has 0 spiro atoms. The van der Waals surface area contributed by atoms with Gasteiger partial charge in [0.2, 0.25) is 0 Å². The average Bonchev–Trinajstić information content (AvgIpc) is 2.49. The highest BCUT2D eigenvalue weighted by Gasteiger charge is 2.15. The largest absolute Gasteiger partial charge is 0.396 e. The van der Waals surface area contributed by atoms with Crippen molar-refractivity contribution in [2.45, 2.75) is 26.3 Å². The van der Waals surface area contributed by atoms with Gasteiger partial charge in [0.1, 0.15) is 5.69 Å². The van der Waals surface area contributed by atoms with Crippen molar-refractivity contribution in [3.63, 3.8) is 0 Å². The normalized spacial score (nSPS) is 12.0. The summed E-state index contributed by atoms with van der Waals surface area (Å²) in [6, 6.07) is 3.54. The predicted molar refractivity (Wildman–Crippen MR) is 82.5 cm³/mol. The summed E-state index contributed by atoms with van der Waals surface area (Å²) in [6.07, 6.45) is 2.19. The summed E-state index contributed by atoms with van der Waals surface area (Å²) in [7, 11) is 1.62. The predicted octanol–water partition coefficient (Wildman–Crippen LogP) is 1.37. The Morgan fingerprint density at radius 1 is 1.48 bits per heavy atom. The van der Waals surface area contributed by atoms with E-state index in [-0.39, 0.29) is 18.6 Å². The molecule has 0 radical (unpaired) electrons. The Morgan fingerprint density at radius 2 is 2.19 bits per heavy atom. The van der Waals surface area contributed by atoms with Crippen LogP contribution in [0, 0.1) is 0 Å². The Kier molecular flexibility index (Phi) is 7.71. The van der Waals surface area contributed by atoms with Crippen LogP contribution in [0.1, 0.15) is 30.8 Å². The molecule has 0 aliphatic carbocycles. The Balaban J connectivity index is 2.81. The maximum Gasteiger partial charge on any atom is 0.272 e. The van der Waals surface area contributed by atoms with Gasteiger partial charge in [-0.3, -0.25) is 9.78 Å². The minimum Gasteiger partial charge on any atom is -0.396 e. The molecule has 0 aliphatic rings. The van der Waals surface area contributed by atoms with Gasteiger partial charge in [-0.25, -0.2) is 0 Å². The van der Waals surface area contributed by atoms with Crippen LogP contribution in [0.3, 0.4) is 0 Å². The summed E-state index contributed by atoms with van der Waals surface area (Å²) in [5, 5.41) is 12.3. The summed E-state index contributed by atoms with van der Waals surface area (Å²) < 4.78 is 5.12. The summed E-state index contributed by atoms with van der Waals surface area (Å²) in [5.41, 5.74) is 1.22. The van der Waals surface area contributed by atoms with Crippen molar-refractivity contribution < 1.29 is 14.6 Å². The third-order valence-corrected chi connectivity index (χ3v) is 3.25. The first-order chi connectivity index (χ1) is 10.2. The number of anilines is 1. The lowest BCUT2D eigenvalue weighted by molar-refractivity contribution is 0.0767. The van der Waals surface area contributed by atoms with Crippen molar-refractivity contribution in [3.8, 4) is 0 Å². The summed E-state index contributed by atoms with van der Waals surface area (Å²) >= 11 is 0. The van der Waals surface area contributed by atoms with Crippen LogP contribution in [0.25, 0.3) is 0 Å². The topological polar surface area (TPSA) is 74.7 Å². The molecule has 1 amide bonds. The molecule has 0 bridgehead atoms. The molecule has 0 saturated carbocycles. The molecule has 6 nitrogen and oxygen atoms in total. The Bertz CT molecular complexity index is 430. The fraction of sp³-hybridized carbons (Fsp3) is 0.600. The fourth-order valence-electron chi connectivity index (χ4n) is 2.10. The third-order valence-electron chi connectivity index (χ3n) is 3.25. The van der Waals surface area contributed by atoms with Gasteiger partial charge in [-0.05, 0) is 32.4 Å². The van der Waals surface area contributed by atoms with E-state index in [1.54, 1.807) is 30.3 Å². The number of ether oxygens (including phenoxy) is 1. The quantitative estimate of drug-likeness (QED) is 0.720. The fourth-order valence-corrected chi connectivity index (χ4v) is 2.10. The summed E-state index contributed by atoms with van der Waals surface area (Å²) in [6.45, 7) is 5.77. The molecule has 0 fully saturated rings. The molecular weight excluding hydrogens is 270 g/mol. The number of aromatic nitrogens is 1. The number of hydrogen-bond acceptors (Lipinski definition) is 5. The van der Waals surface area contributed by atoms with E-state index in [4.69, 9.17) is 9.84 Å². The van der Waals surface area contributed by atoms with E-state index in [9.17, 15) is 4.79 Å². The van der Waals surface area contributed by atoms with Crippen LogP contribution in [-0.2, 0) is 4.74 Å². The highest BCUT2D eigenvalue weighted by atomic mass is 16.5. The monoisotopic (exact) mass is 295 g/mol. The van der Waals surface area contributed by atoms with Crippen molar-refractivity contribution in [2.24, 2.45) is 0 Å². The van der Waals surface area contributed by atoms with Crippen LogP contribution < -0.4 is 5.32 Å². The number of methoxy groups -OCH3 is 1. The van der Waals surface area contributed by atoms with E-state index in [2.05, 4.69) is 10.3 Å². The van der Waals surface area contributed by atoms with Gasteiger partial charge >= 0.3 is 0 Å². The standard InChI is InChI=1S/C15H25N3O3/c1-4-18(5-2)15(20)14-10-12(6-8-16-14)17-13(7-9-19)11-21-3/h6,8,10,13,19H,4-5,7,9,11H2,1-3H3,(H,16,17). The van der Waals surface area contributed by atoms with E-state index in [1.807, 2.05) is 13.8 Å². The van der Waals surface area contributed by atoms with E-state index in [0.717, 1.165) is 5.69 Å². The highest BCUT2D eigenvalue weighted by Crippen LogP contribution is 2.12. The number of rotatable bonds is 9. The second kappa shape index (κ2) is 9.31. The first-order valence-corrected chi connectivity index (χ1v) is 7.27. The van der Waals surface area contributed by atoms with Crippen LogP contribution in [0.4, 0.5) is 5.69 Å². The van der Waals surface area contributed by atoms with Crippen LogP contribution in [-0.4, -0.2) is 60.4 Å². The lowest BCUT2D eigenvalue weighted by Crippen LogP contribution is -2.31. The van der Waals surface area contributed by atoms with E-state index in [0.29, 0.717) is 31.8 Å². The van der Waals surface area contributed by atoms with Crippen molar-refractivity contribution in [2.75, 3.05) is 38.7 Å². The van der Waals surface area contributed by atoms with Crippen LogP contribution in [0.15, 0.2) is 18.3 Å². The minimum absolute atomic E-state index is 0.00111. The van der Waals surface area contributed by atoms with Gasteiger partial charge in [0.25, 0.3) is 5.91 Å². The lowest BCUT2D eigenvalue weighted by atomic mass is 10.2. The average molecular weight is 295 g/mol. The first kappa shape index (κ1) is 17.4. The molecule has 1 unspecified atom stereocenters. The van der Waals surface area contributed by atoms with E-state index >= 15 is 0 Å². The summed E-state index contributed by atoms with van der Waals surface area (Å²) in [4.78, 5) is 18.1. The number of carbonyl (C=O) groups is 1. The molecule has 21 heavy (non-hydrogen) atoms. The van der Waals surface area contributed by atoms with Gasteiger partial charge in [0.15, 0.2) is 0 Å². The highest BCUT2D eigenvalue weighted by molar-refractivity contribution is 5.93. The Labute approximate surface area is 126 Å². The molecule has 1 atom stereocenters. The number of pyridine rings is 1. The molecular formula is C15H25N3O3. The smallest absolute Gasteiger partial charge is 0.272 e. The molecule has 1 rings (SSSR count). The molecule has 1 aromatic heterocycles.